The number of nitrogens with zero attached hydrogens (tertiary/aromatic N) is 4. The molecule has 0 saturated carbocycles. The second-order valence-corrected chi connectivity index (χ2v) is 8.11. The van der Waals surface area contributed by atoms with Crippen LogP contribution in [0, 0.1) is 6.92 Å². The molecule has 0 aliphatic rings. The first-order valence-electron chi connectivity index (χ1n) is 9.49. The lowest BCUT2D eigenvalue weighted by atomic mass is 10.1. The van der Waals surface area contributed by atoms with Crippen LogP contribution in [-0.2, 0) is 4.79 Å². The summed E-state index contributed by atoms with van der Waals surface area (Å²) >= 11 is 1.35. The standard InChI is InChI=1S/C22H23N5O2S/c1-14-11-20-24-25-22(27(20)19-12-17(29-4)9-10-18(14)19)30-13-21(28)23-15-5-7-16(8-6-15)26(2)3/h5-12H,13H2,1-4H3,(H,23,28). The van der Waals surface area contributed by atoms with Crippen molar-refractivity contribution in [3.63, 3.8) is 0 Å². The van der Waals surface area contributed by atoms with Crippen LogP contribution in [0.1, 0.15) is 5.56 Å². The number of fused-ring (bicyclic) bond motifs is 3. The van der Waals surface area contributed by atoms with Gasteiger partial charge in [-0.3, -0.25) is 9.20 Å². The van der Waals surface area contributed by atoms with Crippen molar-refractivity contribution < 1.29 is 9.53 Å². The molecule has 2 aromatic heterocycles. The monoisotopic (exact) mass is 421 g/mol. The molecule has 0 unspecified atom stereocenters. The number of methoxy groups -OCH3 is 1. The highest BCUT2D eigenvalue weighted by Crippen LogP contribution is 2.28. The van der Waals surface area contributed by atoms with Gasteiger partial charge in [0, 0.05) is 36.9 Å². The van der Waals surface area contributed by atoms with Gasteiger partial charge in [-0.15, -0.1) is 10.2 Å². The van der Waals surface area contributed by atoms with Gasteiger partial charge >= 0.3 is 0 Å². The van der Waals surface area contributed by atoms with E-state index in [0.29, 0.717) is 5.16 Å². The number of hydrogen-bond donors (Lipinski definition) is 1. The number of ether oxygens (including phenoxy) is 1. The number of rotatable bonds is 6. The number of anilines is 2. The molecular weight excluding hydrogens is 398 g/mol. The lowest BCUT2D eigenvalue weighted by Gasteiger charge is -2.13. The summed E-state index contributed by atoms with van der Waals surface area (Å²) in [5.41, 5.74) is 4.66. The van der Waals surface area contributed by atoms with Crippen molar-refractivity contribution in [3.8, 4) is 5.75 Å². The van der Waals surface area contributed by atoms with Gasteiger partial charge in [-0.2, -0.15) is 0 Å². The predicted octanol–water partition coefficient (Wildman–Crippen LogP) is 4.00. The smallest absolute Gasteiger partial charge is 0.234 e. The Balaban J connectivity index is 1.55. The molecule has 2 heterocycles. The maximum absolute atomic E-state index is 12.5. The fraction of sp³-hybridized carbons (Fsp3) is 0.227. The summed E-state index contributed by atoms with van der Waals surface area (Å²) in [6.07, 6.45) is 0. The van der Waals surface area contributed by atoms with E-state index in [4.69, 9.17) is 4.74 Å². The predicted molar refractivity (Wildman–Crippen MR) is 122 cm³/mol. The van der Waals surface area contributed by atoms with Crippen LogP contribution in [0.4, 0.5) is 11.4 Å². The van der Waals surface area contributed by atoms with E-state index in [1.165, 1.54) is 11.8 Å². The molecule has 0 aliphatic carbocycles. The van der Waals surface area contributed by atoms with Gasteiger partial charge in [-0.1, -0.05) is 11.8 Å². The van der Waals surface area contributed by atoms with Gasteiger partial charge in [0.1, 0.15) is 5.75 Å². The molecule has 0 spiro atoms. The summed E-state index contributed by atoms with van der Waals surface area (Å²) in [5.74, 6) is 0.900. The molecule has 4 aromatic rings. The summed E-state index contributed by atoms with van der Waals surface area (Å²) in [7, 11) is 5.60. The number of nitrogens with one attached hydrogen (secondary N) is 1. The zero-order valence-electron chi connectivity index (χ0n) is 17.3. The SMILES string of the molecule is COc1ccc2c(C)cc3nnc(SCC(=O)Nc4ccc(N(C)C)cc4)n3c2c1. The molecule has 1 amide bonds. The summed E-state index contributed by atoms with van der Waals surface area (Å²) < 4.78 is 7.35. The van der Waals surface area contributed by atoms with E-state index in [1.54, 1.807) is 7.11 Å². The minimum atomic E-state index is -0.0941. The van der Waals surface area contributed by atoms with Crippen LogP contribution >= 0.6 is 11.8 Å². The Morgan fingerprint density at radius 2 is 1.90 bits per heavy atom. The molecule has 30 heavy (non-hydrogen) atoms. The first-order valence-corrected chi connectivity index (χ1v) is 10.5. The normalized spacial score (nSPS) is 11.1. The molecule has 154 valence electrons. The lowest BCUT2D eigenvalue weighted by molar-refractivity contribution is -0.113. The van der Waals surface area contributed by atoms with Crippen molar-refractivity contribution in [2.45, 2.75) is 12.1 Å². The molecule has 0 saturated heterocycles. The fourth-order valence-electron chi connectivity index (χ4n) is 3.29. The van der Waals surface area contributed by atoms with Crippen LogP contribution in [0.25, 0.3) is 16.6 Å². The minimum Gasteiger partial charge on any atom is -0.497 e. The molecule has 0 bridgehead atoms. The third kappa shape index (κ3) is 3.91. The highest BCUT2D eigenvalue weighted by atomic mass is 32.2. The Morgan fingerprint density at radius 1 is 1.13 bits per heavy atom. The second kappa shape index (κ2) is 8.23. The van der Waals surface area contributed by atoms with Crippen LogP contribution in [-0.4, -0.2) is 47.5 Å². The molecule has 2 aromatic carbocycles. The Bertz CT molecular complexity index is 1220. The molecule has 0 radical (unpaired) electrons. The zero-order chi connectivity index (χ0) is 21.3. The Kier molecular flexibility index (Phi) is 5.50. The van der Waals surface area contributed by atoms with E-state index >= 15 is 0 Å². The molecular formula is C22H23N5O2S. The first kappa shape index (κ1) is 20.0. The number of amides is 1. The largest absolute Gasteiger partial charge is 0.497 e. The molecule has 8 heteroatoms. The van der Waals surface area contributed by atoms with Crippen LogP contribution in [0.5, 0.6) is 5.75 Å². The van der Waals surface area contributed by atoms with Gasteiger partial charge in [0.25, 0.3) is 0 Å². The van der Waals surface area contributed by atoms with Crippen LogP contribution in [0.3, 0.4) is 0 Å². The lowest BCUT2D eigenvalue weighted by Crippen LogP contribution is -2.14. The number of carbonyl (C=O) groups excluding carboxylic acids is 1. The van der Waals surface area contributed by atoms with E-state index < -0.39 is 0 Å². The quantitative estimate of drug-likeness (QED) is 0.475. The Labute approximate surface area is 179 Å². The highest BCUT2D eigenvalue weighted by molar-refractivity contribution is 7.99. The minimum absolute atomic E-state index is 0.0941. The molecule has 0 atom stereocenters. The summed E-state index contributed by atoms with van der Waals surface area (Å²) in [4.78, 5) is 14.5. The topological polar surface area (TPSA) is 71.8 Å². The van der Waals surface area contributed by atoms with Crippen molar-refractivity contribution >= 4 is 45.6 Å². The van der Waals surface area contributed by atoms with E-state index in [1.807, 2.05) is 78.9 Å². The molecule has 0 aliphatic heterocycles. The van der Waals surface area contributed by atoms with E-state index in [0.717, 1.165) is 39.2 Å². The van der Waals surface area contributed by atoms with Crippen molar-refractivity contribution in [1.29, 1.82) is 0 Å². The molecule has 1 N–H and O–H groups in total. The average molecular weight is 422 g/mol. The third-order valence-corrected chi connectivity index (χ3v) is 5.80. The van der Waals surface area contributed by atoms with E-state index in [-0.39, 0.29) is 11.7 Å². The van der Waals surface area contributed by atoms with Gasteiger partial charge in [0.05, 0.1) is 18.4 Å². The van der Waals surface area contributed by atoms with E-state index in [2.05, 4.69) is 15.5 Å². The van der Waals surface area contributed by atoms with Crippen LogP contribution in [0.15, 0.2) is 53.7 Å². The van der Waals surface area contributed by atoms with Crippen LogP contribution < -0.4 is 15.0 Å². The number of aryl methyl sites for hydroxylation is 1. The van der Waals surface area contributed by atoms with Crippen molar-refractivity contribution in [2.24, 2.45) is 0 Å². The summed E-state index contributed by atoms with van der Waals surface area (Å²) in [6.45, 7) is 2.05. The summed E-state index contributed by atoms with van der Waals surface area (Å²) in [5, 5.41) is 13.3. The van der Waals surface area contributed by atoms with Gasteiger partial charge < -0.3 is 15.0 Å². The number of hydrogen-bond acceptors (Lipinski definition) is 6. The zero-order valence-corrected chi connectivity index (χ0v) is 18.2. The fourth-order valence-corrected chi connectivity index (χ4v) is 4.04. The van der Waals surface area contributed by atoms with Gasteiger partial charge in [-0.25, -0.2) is 0 Å². The van der Waals surface area contributed by atoms with Gasteiger partial charge in [-0.05, 0) is 55.0 Å². The summed E-state index contributed by atoms with van der Waals surface area (Å²) in [6, 6.07) is 15.7. The van der Waals surface area contributed by atoms with Crippen molar-refractivity contribution in [2.75, 3.05) is 37.2 Å². The third-order valence-electron chi connectivity index (χ3n) is 4.87. The van der Waals surface area contributed by atoms with Crippen molar-refractivity contribution in [3.05, 3.63) is 54.1 Å². The van der Waals surface area contributed by atoms with Crippen molar-refractivity contribution in [1.82, 2.24) is 14.6 Å². The maximum atomic E-state index is 12.5. The number of carbonyl (C=O) groups is 1. The van der Waals surface area contributed by atoms with Crippen LogP contribution in [0.2, 0.25) is 0 Å². The second-order valence-electron chi connectivity index (χ2n) is 7.16. The van der Waals surface area contributed by atoms with Gasteiger partial charge in [0.15, 0.2) is 10.8 Å². The first-order chi connectivity index (χ1) is 14.5. The highest BCUT2D eigenvalue weighted by Gasteiger charge is 2.14. The molecule has 4 rings (SSSR count). The Hall–Kier alpha value is -3.26. The molecule has 7 nitrogen and oxygen atoms in total. The number of pyridine rings is 1. The average Bonchev–Trinajstić information content (AvgIpc) is 3.15. The molecule has 0 fully saturated rings. The number of thioether (sulfide) groups is 1. The maximum Gasteiger partial charge on any atom is 0.234 e. The number of benzene rings is 2. The van der Waals surface area contributed by atoms with Gasteiger partial charge in [0.2, 0.25) is 5.91 Å². The Morgan fingerprint density at radius 3 is 2.60 bits per heavy atom. The van der Waals surface area contributed by atoms with E-state index in [9.17, 15) is 4.79 Å². The number of aromatic nitrogens is 3.